The highest BCUT2D eigenvalue weighted by Gasteiger charge is 2.20. The van der Waals surface area contributed by atoms with Crippen molar-refractivity contribution < 1.29 is 13.0 Å². The molecule has 8 heteroatoms. The lowest BCUT2D eigenvalue weighted by Gasteiger charge is -2.14. The number of hydrogen-bond acceptors (Lipinski definition) is 4. The minimum Gasteiger partial charge on any atom is -0.354 e. The fraction of sp³-hybridized carbons (Fsp3) is 0.0909. The van der Waals surface area contributed by atoms with Crippen LogP contribution in [-0.2, 0) is 10.3 Å². The third-order valence-electron chi connectivity index (χ3n) is 5.47. The van der Waals surface area contributed by atoms with Crippen molar-refractivity contribution >= 4 is 53.9 Å². The second kappa shape index (κ2) is 6.01. The van der Waals surface area contributed by atoms with Crippen LogP contribution in [0.5, 0.6) is 0 Å². The zero-order valence-electron chi connectivity index (χ0n) is 16.1. The molecular weight excluding hydrogens is 404 g/mol. The molecule has 0 unspecified atom stereocenters. The Labute approximate surface area is 170 Å². The number of nitrogens with zero attached hydrogens (tertiary/aromatic N) is 1. The zero-order valence-corrected chi connectivity index (χ0v) is 16.9. The number of para-hydroxylation sites is 1. The molecule has 0 saturated carbocycles. The van der Waals surface area contributed by atoms with Gasteiger partial charge in [-0.15, -0.1) is 0 Å². The van der Waals surface area contributed by atoms with Crippen LogP contribution >= 0.6 is 0 Å². The van der Waals surface area contributed by atoms with Crippen LogP contribution in [-0.4, -0.2) is 21.9 Å². The molecule has 0 saturated heterocycles. The summed E-state index contributed by atoms with van der Waals surface area (Å²) in [6.07, 6.45) is 0. The Morgan fingerprint density at radius 3 is 2.27 bits per heavy atom. The summed E-state index contributed by atoms with van der Waals surface area (Å²) in [6.45, 7) is 3.62. The van der Waals surface area contributed by atoms with E-state index in [-0.39, 0.29) is 38.0 Å². The number of fused-ring (bicyclic) bond motifs is 4. The van der Waals surface area contributed by atoms with Gasteiger partial charge in [0.1, 0.15) is 0 Å². The van der Waals surface area contributed by atoms with Gasteiger partial charge in [0, 0.05) is 21.5 Å². The summed E-state index contributed by atoms with van der Waals surface area (Å²) in [5.74, 6) is 0. The number of nitrogens with one attached hydrogen (secondary N) is 1. The Morgan fingerprint density at radius 1 is 0.833 bits per heavy atom. The van der Waals surface area contributed by atoms with Gasteiger partial charge in [-0.25, -0.2) is 3.97 Å². The molecular formula is C22H16N2O5S. The predicted molar refractivity (Wildman–Crippen MR) is 118 cm³/mol. The van der Waals surface area contributed by atoms with Crippen molar-refractivity contribution in [3.8, 4) is 0 Å². The third kappa shape index (κ3) is 2.51. The van der Waals surface area contributed by atoms with Gasteiger partial charge in [-0.2, -0.15) is 8.42 Å². The van der Waals surface area contributed by atoms with Crippen molar-refractivity contribution in [3.05, 3.63) is 80.1 Å². The molecule has 150 valence electrons. The molecule has 0 aliphatic carbocycles. The van der Waals surface area contributed by atoms with Crippen LogP contribution in [0.1, 0.15) is 11.1 Å². The van der Waals surface area contributed by atoms with Crippen LogP contribution in [0.3, 0.4) is 0 Å². The van der Waals surface area contributed by atoms with E-state index in [2.05, 4.69) is 4.98 Å². The molecule has 5 rings (SSSR count). The van der Waals surface area contributed by atoms with Gasteiger partial charge >= 0.3 is 10.3 Å². The second-order valence-electron chi connectivity index (χ2n) is 7.46. The molecule has 0 aliphatic rings. The van der Waals surface area contributed by atoms with Gasteiger partial charge in [-0.1, -0.05) is 18.2 Å². The normalized spacial score (nSPS) is 12.4. The number of benzene rings is 3. The Bertz CT molecular complexity index is 1780. The summed E-state index contributed by atoms with van der Waals surface area (Å²) in [5, 5.41) is 0.924. The fourth-order valence-corrected chi connectivity index (χ4v) is 4.86. The van der Waals surface area contributed by atoms with E-state index in [9.17, 15) is 22.6 Å². The van der Waals surface area contributed by atoms with Crippen molar-refractivity contribution in [3.63, 3.8) is 0 Å². The molecule has 0 atom stereocenters. The van der Waals surface area contributed by atoms with Crippen molar-refractivity contribution in [2.45, 2.75) is 13.8 Å². The summed E-state index contributed by atoms with van der Waals surface area (Å²) in [4.78, 5) is 29.5. The van der Waals surface area contributed by atoms with Crippen molar-refractivity contribution in [2.75, 3.05) is 0 Å². The molecule has 5 aromatic rings. The van der Waals surface area contributed by atoms with Gasteiger partial charge in [0.2, 0.25) is 0 Å². The van der Waals surface area contributed by atoms with E-state index < -0.39 is 10.3 Å². The molecule has 2 heterocycles. The van der Waals surface area contributed by atoms with Crippen LogP contribution < -0.4 is 10.9 Å². The first-order valence-electron chi connectivity index (χ1n) is 9.19. The summed E-state index contributed by atoms with van der Waals surface area (Å²) in [5.41, 5.74) is 2.00. The average molecular weight is 420 g/mol. The molecule has 0 radical (unpaired) electrons. The number of aromatic amines is 1. The number of H-pyrrole nitrogens is 1. The lowest BCUT2D eigenvalue weighted by molar-refractivity contribution is 0.476. The van der Waals surface area contributed by atoms with E-state index in [0.717, 1.165) is 11.1 Å². The minimum atomic E-state index is -4.75. The Balaban J connectivity index is 2.13. The average Bonchev–Trinajstić information content (AvgIpc) is 2.67. The van der Waals surface area contributed by atoms with E-state index >= 15 is 0 Å². The zero-order chi connectivity index (χ0) is 21.4. The van der Waals surface area contributed by atoms with E-state index in [1.165, 1.54) is 24.3 Å². The molecule has 0 spiro atoms. The van der Waals surface area contributed by atoms with Crippen molar-refractivity contribution in [2.24, 2.45) is 0 Å². The van der Waals surface area contributed by atoms with Crippen LogP contribution in [0.4, 0.5) is 0 Å². The Hall–Kier alpha value is -3.49. The highest BCUT2D eigenvalue weighted by atomic mass is 32.2. The highest BCUT2D eigenvalue weighted by Crippen LogP contribution is 2.26. The van der Waals surface area contributed by atoms with Gasteiger partial charge in [0.15, 0.2) is 10.9 Å². The molecule has 30 heavy (non-hydrogen) atoms. The van der Waals surface area contributed by atoms with E-state index in [4.69, 9.17) is 0 Å². The molecule has 0 aliphatic heterocycles. The summed E-state index contributed by atoms with van der Waals surface area (Å²) in [7, 11) is -4.75. The van der Waals surface area contributed by atoms with Gasteiger partial charge in [-0.3, -0.25) is 14.1 Å². The quantitative estimate of drug-likeness (QED) is 0.319. The first-order valence-corrected chi connectivity index (χ1v) is 10.6. The number of pyridine rings is 2. The molecule has 7 nitrogen and oxygen atoms in total. The summed E-state index contributed by atoms with van der Waals surface area (Å²) >= 11 is 0. The van der Waals surface area contributed by atoms with Crippen LogP contribution in [0.2, 0.25) is 0 Å². The molecule has 0 bridgehead atoms. The minimum absolute atomic E-state index is 0.0504. The first kappa shape index (κ1) is 18.5. The molecule has 0 amide bonds. The van der Waals surface area contributed by atoms with Crippen LogP contribution in [0.25, 0.3) is 43.6 Å². The molecule has 2 N–H and O–H groups in total. The SMILES string of the molecule is Cc1ccc2c(=O)c3cc4[nH]c5c(C)cccc5c(=O)c4cc3n(S(=O)(=O)O)c2c1. The number of aryl methyl sites for hydroxylation is 2. The van der Waals surface area contributed by atoms with Gasteiger partial charge in [0.25, 0.3) is 0 Å². The largest absolute Gasteiger partial charge is 0.364 e. The maximum Gasteiger partial charge on any atom is 0.364 e. The molecule has 3 aromatic carbocycles. The van der Waals surface area contributed by atoms with Gasteiger partial charge < -0.3 is 4.98 Å². The lowest BCUT2D eigenvalue weighted by Crippen LogP contribution is -2.18. The monoisotopic (exact) mass is 420 g/mol. The van der Waals surface area contributed by atoms with Crippen LogP contribution in [0.15, 0.2) is 58.1 Å². The number of hydrogen-bond donors (Lipinski definition) is 2. The maximum absolute atomic E-state index is 13.2. The second-order valence-corrected chi connectivity index (χ2v) is 8.72. The molecule has 0 fully saturated rings. The van der Waals surface area contributed by atoms with E-state index in [1.54, 1.807) is 25.1 Å². The first-order chi connectivity index (χ1) is 14.2. The lowest BCUT2D eigenvalue weighted by atomic mass is 10.0. The smallest absolute Gasteiger partial charge is 0.354 e. The number of aromatic nitrogens is 2. The van der Waals surface area contributed by atoms with Crippen molar-refractivity contribution in [1.82, 2.24) is 8.96 Å². The standard InChI is InChI=1S/C22H16N2O5S/c1-11-6-7-13-18(8-11)24(30(27,28)29)19-10-15-17(9-16(19)21(13)25)23-20-12(2)4-3-5-14(20)22(15)26/h3-10H,1-2H3,(H,23,26)(H,27,28,29). The summed E-state index contributed by atoms with van der Waals surface area (Å²) < 4.78 is 35.3. The third-order valence-corrected chi connectivity index (χ3v) is 6.32. The predicted octanol–water partition coefficient (Wildman–Crippen LogP) is 3.42. The van der Waals surface area contributed by atoms with E-state index in [1.807, 2.05) is 13.0 Å². The van der Waals surface area contributed by atoms with Crippen molar-refractivity contribution in [1.29, 1.82) is 0 Å². The Kier molecular flexibility index (Phi) is 3.71. The maximum atomic E-state index is 13.2. The highest BCUT2D eigenvalue weighted by molar-refractivity contribution is 7.84. The van der Waals surface area contributed by atoms with Gasteiger partial charge in [0.05, 0.1) is 22.1 Å². The summed E-state index contributed by atoms with van der Waals surface area (Å²) in [6, 6.07) is 12.9. The fourth-order valence-electron chi connectivity index (χ4n) is 4.06. The number of rotatable bonds is 1. The van der Waals surface area contributed by atoms with E-state index in [0.29, 0.717) is 20.4 Å². The Morgan fingerprint density at radius 2 is 1.53 bits per heavy atom. The molecule has 2 aromatic heterocycles. The van der Waals surface area contributed by atoms with Crippen LogP contribution in [0, 0.1) is 13.8 Å². The van der Waals surface area contributed by atoms with Gasteiger partial charge in [-0.05, 0) is 55.3 Å². The topological polar surface area (TPSA) is 109 Å².